The molecule has 1 aromatic carbocycles. The number of halogens is 1. The summed E-state index contributed by atoms with van der Waals surface area (Å²) in [5, 5.41) is 20.1. The van der Waals surface area contributed by atoms with Gasteiger partial charge in [-0.05, 0) is 24.6 Å². The minimum atomic E-state index is -1.28. The summed E-state index contributed by atoms with van der Waals surface area (Å²) in [5.41, 5.74) is 0.578. The van der Waals surface area contributed by atoms with Gasteiger partial charge in [-0.1, -0.05) is 12.1 Å². The van der Waals surface area contributed by atoms with Gasteiger partial charge in [0.25, 0.3) is 0 Å². The van der Waals surface area contributed by atoms with Crippen LogP contribution in [0.5, 0.6) is 0 Å². The molecule has 98 valence electrons. The van der Waals surface area contributed by atoms with Crippen LogP contribution in [-0.4, -0.2) is 34.2 Å². The van der Waals surface area contributed by atoms with Gasteiger partial charge in [-0.15, -0.1) is 0 Å². The topological polar surface area (TPSA) is 86.6 Å². The number of nitrogens with one attached hydrogen (secondary N) is 1. The Bertz CT molecular complexity index is 430. The smallest absolute Gasteiger partial charge is 0.326 e. The van der Waals surface area contributed by atoms with E-state index in [2.05, 4.69) is 5.32 Å². The highest BCUT2D eigenvalue weighted by molar-refractivity contribution is 5.86. The van der Waals surface area contributed by atoms with Crippen LogP contribution >= 0.6 is 0 Å². The molecule has 0 fully saturated rings. The number of hydrogen-bond donors (Lipinski definition) is 3. The summed E-state index contributed by atoms with van der Waals surface area (Å²) in [6.45, 7) is 1.24. The second-order valence-electron chi connectivity index (χ2n) is 3.91. The molecule has 18 heavy (non-hydrogen) atoms. The molecule has 0 saturated heterocycles. The zero-order valence-electron chi connectivity index (χ0n) is 9.76. The Labute approximate surface area is 103 Å². The molecule has 0 unspecified atom stereocenters. The van der Waals surface area contributed by atoms with Gasteiger partial charge in [0.15, 0.2) is 0 Å². The van der Waals surface area contributed by atoms with E-state index in [4.69, 9.17) is 10.2 Å². The molecular formula is C12H14FNO4. The fraction of sp³-hybridized carbons (Fsp3) is 0.333. The maximum Gasteiger partial charge on any atom is 0.326 e. The lowest BCUT2D eigenvalue weighted by atomic mass is 10.1. The first kappa shape index (κ1) is 14.1. The number of carboxylic acid groups (broad SMARTS) is 1. The monoisotopic (exact) mass is 255 g/mol. The summed E-state index contributed by atoms with van der Waals surface area (Å²) in [6.07, 6.45) is -1.26. The Morgan fingerprint density at radius 1 is 1.33 bits per heavy atom. The lowest BCUT2D eigenvalue weighted by molar-refractivity contribution is -0.143. The summed E-state index contributed by atoms with van der Waals surface area (Å²) >= 11 is 0. The lowest BCUT2D eigenvalue weighted by Gasteiger charge is -2.15. The van der Waals surface area contributed by atoms with Crippen LogP contribution in [0.3, 0.4) is 0 Å². The van der Waals surface area contributed by atoms with E-state index in [0.29, 0.717) is 5.56 Å². The van der Waals surface area contributed by atoms with Crippen molar-refractivity contribution >= 4 is 11.9 Å². The molecule has 1 amide bonds. The highest BCUT2D eigenvalue weighted by Crippen LogP contribution is 2.06. The summed E-state index contributed by atoms with van der Waals surface area (Å²) in [5.74, 6) is -2.39. The summed E-state index contributed by atoms with van der Waals surface area (Å²) in [6, 6.07) is 4.16. The third kappa shape index (κ3) is 4.14. The predicted octanol–water partition coefficient (Wildman–Crippen LogP) is 0.318. The van der Waals surface area contributed by atoms with Gasteiger partial charge in [0.2, 0.25) is 5.91 Å². The van der Waals surface area contributed by atoms with Gasteiger partial charge >= 0.3 is 5.97 Å². The number of carbonyl (C=O) groups is 2. The van der Waals surface area contributed by atoms with Crippen molar-refractivity contribution < 1.29 is 24.2 Å². The molecule has 0 heterocycles. The van der Waals surface area contributed by atoms with E-state index in [1.165, 1.54) is 31.2 Å². The van der Waals surface area contributed by atoms with E-state index in [1.54, 1.807) is 0 Å². The zero-order chi connectivity index (χ0) is 13.7. The number of carboxylic acids is 1. The molecule has 3 N–H and O–H groups in total. The lowest BCUT2D eigenvalue weighted by Crippen LogP contribution is -2.45. The molecule has 0 aromatic heterocycles. The van der Waals surface area contributed by atoms with E-state index in [9.17, 15) is 14.0 Å². The van der Waals surface area contributed by atoms with Crippen LogP contribution in [-0.2, 0) is 16.0 Å². The van der Waals surface area contributed by atoms with Gasteiger partial charge in [0.1, 0.15) is 18.0 Å². The number of rotatable bonds is 5. The van der Waals surface area contributed by atoms with E-state index in [0.717, 1.165) is 0 Å². The Hall–Kier alpha value is -1.95. The first-order valence-electron chi connectivity index (χ1n) is 5.36. The molecule has 2 atom stereocenters. The summed E-state index contributed by atoms with van der Waals surface area (Å²) < 4.78 is 12.7. The van der Waals surface area contributed by atoms with Gasteiger partial charge in [-0.3, -0.25) is 4.79 Å². The molecule has 1 aromatic rings. The number of carbonyl (C=O) groups excluding carboxylic acids is 1. The van der Waals surface area contributed by atoms with Crippen LogP contribution < -0.4 is 5.32 Å². The third-order valence-corrected chi connectivity index (χ3v) is 2.35. The first-order chi connectivity index (χ1) is 8.40. The number of hydrogen-bond acceptors (Lipinski definition) is 3. The van der Waals surface area contributed by atoms with Gasteiger partial charge < -0.3 is 15.5 Å². The van der Waals surface area contributed by atoms with Gasteiger partial charge in [-0.2, -0.15) is 0 Å². The van der Waals surface area contributed by atoms with E-state index in [1.807, 2.05) is 0 Å². The fourth-order valence-corrected chi connectivity index (χ4v) is 1.35. The molecule has 0 aliphatic heterocycles. The largest absolute Gasteiger partial charge is 0.480 e. The van der Waals surface area contributed by atoms with Crippen molar-refractivity contribution in [2.45, 2.75) is 25.5 Å². The van der Waals surface area contributed by atoms with Gasteiger partial charge in [-0.25, -0.2) is 9.18 Å². The molecule has 5 nitrogen and oxygen atoms in total. The average Bonchev–Trinajstić information content (AvgIpc) is 2.30. The summed E-state index contributed by atoms with van der Waals surface area (Å²) in [7, 11) is 0. The number of aliphatic hydroxyl groups is 1. The number of amides is 1. The minimum absolute atomic E-state index is 0.0219. The van der Waals surface area contributed by atoms with Crippen molar-refractivity contribution in [3.05, 3.63) is 35.6 Å². The van der Waals surface area contributed by atoms with Crippen molar-refractivity contribution in [1.82, 2.24) is 5.32 Å². The second kappa shape index (κ2) is 6.11. The molecule has 0 saturated carbocycles. The van der Waals surface area contributed by atoms with Gasteiger partial charge in [0.05, 0.1) is 0 Å². The van der Waals surface area contributed by atoms with Crippen molar-refractivity contribution in [2.75, 3.05) is 0 Å². The highest BCUT2D eigenvalue weighted by Gasteiger charge is 2.22. The Morgan fingerprint density at radius 3 is 2.33 bits per heavy atom. The van der Waals surface area contributed by atoms with E-state index < -0.39 is 29.8 Å². The normalized spacial score (nSPS) is 13.7. The van der Waals surface area contributed by atoms with Crippen LogP contribution in [0.1, 0.15) is 12.5 Å². The van der Waals surface area contributed by atoms with Crippen LogP contribution in [0.25, 0.3) is 0 Å². The van der Waals surface area contributed by atoms with Gasteiger partial charge in [0, 0.05) is 6.42 Å². The quantitative estimate of drug-likeness (QED) is 0.707. The van der Waals surface area contributed by atoms with Crippen molar-refractivity contribution in [3.63, 3.8) is 0 Å². The Morgan fingerprint density at radius 2 is 1.89 bits per heavy atom. The molecule has 0 spiro atoms. The molecule has 0 aliphatic carbocycles. The van der Waals surface area contributed by atoms with Crippen LogP contribution in [0.15, 0.2) is 24.3 Å². The maximum atomic E-state index is 12.7. The second-order valence-corrected chi connectivity index (χ2v) is 3.91. The van der Waals surface area contributed by atoms with Crippen molar-refractivity contribution in [1.29, 1.82) is 0 Å². The van der Waals surface area contributed by atoms with Crippen LogP contribution in [0.4, 0.5) is 4.39 Å². The number of aliphatic carboxylic acids is 1. The van der Waals surface area contributed by atoms with Crippen LogP contribution in [0, 0.1) is 5.82 Å². The van der Waals surface area contributed by atoms with Crippen molar-refractivity contribution in [2.24, 2.45) is 0 Å². The number of benzene rings is 1. The Balaban J connectivity index is 2.72. The molecule has 6 heteroatoms. The molecule has 0 radical (unpaired) electrons. The average molecular weight is 255 g/mol. The molecule has 1 rings (SSSR count). The maximum absolute atomic E-state index is 12.7. The first-order valence-corrected chi connectivity index (χ1v) is 5.36. The minimum Gasteiger partial charge on any atom is -0.480 e. The zero-order valence-corrected chi connectivity index (χ0v) is 9.76. The fourth-order valence-electron chi connectivity index (χ4n) is 1.35. The van der Waals surface area contributed by atoms with E-state index in [-0.39, 0.29) is 6.42 Å². The molecule has 0 bridgehead atoms. The Kier molecular flexibility index (Phi) is 4.79. The molecular weight excluding hydrogens is 241 g/mol. The highest BCUT2D eigenvalue weighted by atomic mass is 19.1. The van der Waals surface area contributed by atoms with Crippen LogP contribution in [0.2, 0.25) is 0 Å². The SMILES string of the molecule is C[C@H](O)C(=O)N[C@@H](Cc1ccc(F)cc1)C(=O)O. The number of aliphatic hydroxyl groups excluding tert-OH is 1. The van der Waals surface area contributed by atoms with E-state index >= 15 is 0 Å². The molecule has 0 aliphatic rings. The predicted molar refractivity (Wildman–Crippen MR) is 61.4 cm³/mol. The summed E-state index contributed by atoms with van der Waals surface area (Å²) in [4.78, 5) is 22.2. The standard InChI is InChI=1S/C12H14FNO4/c1-7(15)11(16)14-10(12(17)18)6-8-2-4-9(13)5-3-8/h2-5,7,10,15H,6H2,1H3,(H,14,16)(H,17,18)/t7-,10-/m0/s1. The third-order valence-electron chi connectivity index (χ3n) is 2.35. The van der Waals surface area contributed by atoms with Crippen molar-refractivity contribution in [3.8, 4) is 0 Å².